The highest BCUT2D eigenvalue weighted by atomic mass is 16.3. The summed E-state index contributed by atoms with van der Waals surface area (Å²) in [5.74, 6) is 0. The Labute approximate surface area is 126 Å². The van der Waals surface area contributed by atoms with E-state index in [0.717, 1.165) is 24.3 Å². The predicted octanol–water partition coefficient (Wildman–Crippen LogP) is 2.30. The van der Waals surface area contributed by atoms with Crippen LogP contribution < -0.4 is 5.32 Å². The van der Waals surface area contributed by atoms with E-state index in [2.05, 4.69) is 31.1 Å². The summed E-state index contributed by atoms with van der Waals surface area (Å²) in [6.07, 6.45) is -0.537. The van der Waals surface area contributed by atoms with Gasteiger partial charge in [-0.05, 0) is 45.5 Å². The Bertz CT molecular complexity index is 492. The summed E-state index contributed by atoms with van der Waals surface area (Å²) in [6, 6.07) is 7.96. The molecule has 0 radical (unpaired) electrons. The summed E-state index contributed by atoms with van der Waals surface area (Å²) >= 11 is 0. The fourth-order valence-corrected chi connectivity index (χ4v) is 2.65. The minimum atomic E-state index is -0.537. The summed E-state index contributed by atoms with van der Waals surface area (Å²) in [6.45, 7) is 7.42. The third-order valence-electron chi connectivity index (χ3n) is 4.27. The Kier molecular flexibility index (Phi) is 4.85. The van der Waals surface area contributed by atoms with Crippen molar-refractivity contribution < 1.29 is 9.90 Å². The number of hydrogen-bond acceptors (Lipinski definition) is 3. The molecule has 0 aliphatic carbocycles. The topological polar surface area (TPSA) is 55.8 Å². The molecule has 1 fully saturated rings. The number of piperazine rings is 1. The average Bonchev–Trinajstić information content (AvgIpc) is 2.44. The molecule has 2 amide bonds. The van der Waals surface area contributed by atoms with E-state index in [1.165, 1.54) is 0 Å². The van der Waals surface area contributed by atoms with Crippen molar-refractivity contribution in [1.82, 2.24) is 9.80 Å². The molecule has 0 aromatic heterocycles. The van der Waals surface area contributed by atoms with Crippen molar-refractivity contribution in [2.75, 3.05) is 25.5 Å². The van der Waals surface area contributed by atoms with E-state index in [1.54, 1.807) is 6.92 Å². The summed E-state index contributed by atoms with van der Waals surface area (Å²) in [7, 11) is 2.09. The molecule has 3 atom stereocenters. The molecule has 2 N–H and O–H groups in total. The lowest BCUT2D eigenvalue weighted by atomic mass is 10.1. The fraction of sp³-hybridized carbons (Fsp3) is 0.562. The first-order chi connectivity index (χ1) is 9.88. The van der Waals surface area contributed by atoms with Gasteiger partial charge in [-0.15, -0.1) is 0 Å². The van der Waals surface area contributed by atoms with Gasteiger partial charge in [0.2, 0.25) is 0 Å². The summed E-state index contributed by atoms with van der Waals surface area (Å²) in [5, 5.41) is 12.5. The minimum Gasteiger partial charge on any atom is -0.389 e. The normalized spacial score (nSPS) is 24.7. The molecule has 116 valence electrons. The van der Waals surface area contributed by atoms with E-state index in [4.69, 9.17) is 0 Å². The maximum atomic E-state index is 12.4. The van der Waals surface area contributed by atoms with Gasteiger partial charge in [-0.3, -0.25) is 4.90 Å². The van der Waals surface area contributed by atoms with E-state index < -0.39 is 6.10 Å². The molecular weight excluding hydrogens is 266 g/mol. The molecule has 1 heterocycles. The van der Waals surface area contributed by atoms with E-state index in [0.29, 0.717) is 12.1 Å². The van der Waals surface area contributed by atoms with Gasteiger partial charge in [-0.25, -0.2) is 4.79 Å². The lowest BCUT2D eigenvalue weighted by molar-refractivity contribution is 0.0816. The molecule has 1 saturated heterocycles. The van der Waals surface area contributed by atoms with Gasteiger partial charge in [-0.1, -0.05) is 12.1 Å². The molecule has 21 heavy (non-hydrogen) atoms. The van der Waals surface area contributed by atoms with Crippen LogP contribution in [0.15, 0.2) is 24.3 Å². The zero-order valence-electron chi connectivity index (χ0n) is 13.2. The molecular formula is C16H25N3O2. The molecule has 1 aromatic rings. The number of likely N-dealkylation sites (N-methyl/N-ethyl adjacent to an activating group) is 1. The second kappa shape index (κ2) is 6.45. The van der Waals surface area contributed by atoms with Gasteiger partial charge in [0.15, 0.2) is 0 Å². The van der Waals surface area contributed by atoms with E-state index in [1.807, 2.05) is 29.2 Å². The van der Waals surface area contributed by atoms with Crippen LogP contribution in [0.5, 0.6) is 0 Å². The lowest BCUT2D eigenvalue weighted by Gasteiger charge is -2.42. The van der Waals surface area contributed by atoms with Crippen molar-refractivity contribution in [3.05, 3.63) is 29.8 Å². The van der Waals surface area contributed by atoms with Crippen LogP contribution in [0.25, 0.3) is 0 Å². The van der Waals surface area contributed by atoms with Gasteiger partial charge in [0.05, 0.1) is 6.10 Å². The zero-order valence-corrected chi connectivity index (χ0v) is 13.2. The Balaban J connectivity index is 2.03. The number of aliphatic hydroxyl groups is 1. The summed E-state index contributed by atoms with van der Waals surface area (Å²) in [5.41, 5.74) is 1.52. The van der Waals surface area contributed by atoms with Crippen molar-refractivity contribution in [2.45, 2.75) is 39.0 Å². The first kappa shape index (κ1) is 15.8. The first-order valence-corrected chi connectivity index (χ1v) is 7.44. The van der Waals surface area contributed by atoms with Gasteiger partial charge in [0.25, 0.3) is 0 Å². The van der Waals surface area contributed by atoms with Crippen molar-refractivity contribution in [2.24, 2.45) is 0 Å². The molecule has 0 bridgehead atoms. The van der Waals surface area contributed by atoms with Crippen LogP contribution in [0.4, 0.5) is 10.5 Å². The number of rotatable bonds is 2. The summed E-state index contributed by atoms with van der Waals surface area (Å²) < 4.78 is 0. The largest absolute Gasteiger partial charge is 0.389 e. The lowest BCUT2D eigenvalue weighted by Crippen LogP contribution is -2.57. The Morgan fingerprint density at radius 3 is 2.52 bits per heavy atom. The third kappa shape index (κ3) is 3.74. The second-order valence-electron chi connectivity index (χ2n) is 6.00. The van der Waals surface area contributed by atoms with Gasteiger partial charge in [-0.2, -0.15) is 0 Å². The maximum Gasteiger partial charge on any atom is 0.321 e. The standard InChI is InChI=1S/C16H25N3O2/c1-11-9-19(10-12(2)18(11)4)16(21)17-15-7-5-6-14(8-15)13(3)20/h5-8,11-13,20H,9-10H2,1-4H3,(H,17,21). The molecule has 1 aliphatic heterocycles. The highest BCUT2D eigenvalue weighted by Gasteiger charge is 2.29. The Morgan fingerprint density at radius 1 is 1.33 bits per heavy atom. The van der Waals surface area contributed by atoms with Crippen LogP contribution in [-0.4, -0.2) is 53.2 Å². The van der Waals surface area contributed by atoms with E-state index >= 15 is 0 Å². The minimum absolute atomic E-state index is 0.0791. The number of nitrogens with one attached hydrogen (secondary N) is 1. The van der Waals surface area contributed by atoms with Gasteiger partial charge in [0, 0.05) is 30.9 Å². The second-order valence-corrected chi connectivity index (χ2v) is 6.00. The van der Waals surface area contributed by atoms with Crippen LogP contribution in [-0.2, 0) is 0 Å². The van der Waals surface area contributed by atoms with Crippen LogP contribution in [0.1, 0.15) is 32.4 Å². The highest BCUT2D eigenvalue weighted by Crippen LogP contribution is 2.19. The van der Waals surface area contributed by atoms with Crippen molar-refractivity contribution in [3.8, 4) is 0 Å². The van der Waals surface area contributed by atoms with Gasteiger partial charge >= 0.3 is 6.03 Å². The van der Waals surface area contributed by atoms with Gasteiger partial charge < -0.3 is 15.3 Å². The van der Waals surface area contributed by atoms with Crippen LogP contribution in [0.2, 0.25) is 0 Å². The first-order valence-electron chi connectivity index (χ1n) is 7.44. The monoisotopic (exact) mass is 291 g/mol. The molecule has 1 aromatic carbocycles. The number of aliphatic hydroxyl groups excluding tert-OH is 1. The molecule has 5 nitrogen and oxygen atoms in total. The third-order valence-corrected chi connectivity index (χ3v) is 4.27. The number of amides is 2. The van der Waals surface area contributed by atoms with Crippen LogP contribution in [0.3, 0.4) is 0 Å². The van der Waals surface area contributed by atoms with Crippen LogP contribution in [0, 0.1) is 0 Å². The number of hydrogen-bond donors (Lipinski definition) is 2. The quantitative estimate of drug-likeness (QED) is 0.879. The number of nitrogens with zero attached hydrogens (tertiary/aromatic N) is 2. The molecule has 1 aliphatic rings. The molecule has 0 spiro atoms. The molecule has 5 heteroatoms. The van der Waals surface area contributed by atoms with E-state index in [9.17, 15) is 9.90 Å². The highest BCUT2D eigenvalue weighted by molar-refractivity contribution is 5.89. The van der Waals surface area contributed by atoms with E-state index in [-0.39, 0.29) is 6.03 Å². The van der Waals surface area contributed by atoms with Crippen molar-refractivity contribution in [3.63, 3.8) is 0 Å². The molecule has 2 rings (SSSR count). The number of benzene rings is 1. The Morgan fingerprint density at radius 2 is 1.95 bits per heavy atom. The van der Waals surface area contributed by atoms with Crippen LogP contribution >= 0.6 is 0 Å². The van der Waals surface area contributed by atoms with Crippen molar-refractivity contribution >= 4 is 11.7 Å². The van der Waals surface area contributed by atoms with Crippen molar-refractivity contribution in [1.29, 1.82) is 0 Å². The number of anilines is 1. The fourth-order valence-electron chi connectivity index (χ4n) is 2.65. The molecule has 0 saturated carbocycles. The zero-order chi connectivity index (χ0) is 15.6. The SMILES string of the molecule is CC(O)c1cccc(NC(=O)N2CC(C)N(C)C(C)C2)c1. The maximum absolute atomic E-state index is 12.4. The predicted molar refractivity (Wildman–Crippen MR) is 84.4 cm³/mol. The number of carbonyl (C=O) groups excluding carboxylic acids is 1. The summed E-state index contributed by atoms with van der Waals surface area (Å²) in [4.78, 5) is 16.5. The smallest absolute Gasteiger partial charge is 0.321 e. The average molecular weight is 291 g/mol. The number of carbonyl (C=O) groups is 1. The number of urea groups is 1. The van der Waals surface area contributed by atoms with Gasteiger partial charge in [0.1, 0.15) is 0 Å². The Hall–Kier alpha value is -1.59. The molecule has 3 unspecified atom stereocenters.